The molecule has 2 aromatic rings. The number of anilines is 1. The largest absolute Gasteiger partial charge is 0.495 e. The molecule has 1 N–H and O–H groups in total. The molecule has 0 saturated carbocycles. The predicted octanol–water partition coefficient (Wildman–Crippen LogP) is 3.59. The minimum absolute atomic E-state index is 0.0765. The van der Waals surface area contributed by atoms with Gasteiger partial charge in [-0.15, -0.1) is 0 Å². The molecule has 9 heteroatoms. The molecule has 0 radical (unpaired) electrons. The van der Waals surface area contributed by atoms with Crippen LogP contribution < -0.4 is 14.8 Å². The van der Waals surface area contributed by atoms with Gasteiger partial charge in [-0.3, -0.25) is 9.59 Å². The zero-order valence-electron chi connectivity index (χ0n) is 15.2. The zero-order valence-corrected chi connectivity index (χ0v) is 16.0. The topological polar surface area (TPSA) is 67.9 Å². The summed E-state index contributed by atoms with van der Waals surface area (Å²) in [6, 6.07) is 10.8. The highest BCUT2D eigenvalue weighted by molar-refractivity contribution is 6.31. The van der Waals surface area contributed by atoms with Gasteiger partial charge in [-0.05, 0) is 24.3 Å². The minimum atomic E-state index is -2.99. The molecule has 2 rings (SSSR count). The number of carbonyl (C=O) groups is 2. The van der Waals surface area contributed by atoms with E-state index in [2.05, 4.69) is 10.1 Å². The Morgan fingerprint density at radius 1 is 1.18 bits per heavy atom. The summed E-state index contributed by atoms with van der Waals surface area (Å²) in [7, 11) is 2.89. The third kappa shape index (κ3) is 6.09. The van der Waals surface area contributed by atoms with Crippen LogP contribution in [-0.4, -0.2) is 44.0 Å². The van der Waals surface area contributed by atoms with Gasteiger partial charge in [0.1, 0.15) is 11.5 Å². The first-order valence-corrected chi connectivity index (χ1v) is 8.58. The van der Waals surface area contributed by atoms with E-state index in [0.717, 1.165) is 0 Å². The Morgan fingerprint density at radius 2 is 1.89 bits per heavy atom. The molecular weight excluding hydrogens is 394 g/mol. The molecule has 0 unspecified atom stereocenters. The molecule has 0 aliphatic carbocycles. The van der Waals surface area contributed by atoms with Crippen molar-refractivity contribution in [2.24, 2.45) is 0 Å². The van der Waals surface area contributed by atoms with Crippen LogP contribution in [0.2, 0.25) is 5.02 Å². The van der Waals surface area contributed by atoms with Crippen LogP contribution in [0.5, 0.6) is 11.5 Å². The van der Waals surface area contributed by atoms with E-state index in [9.17, 15) is 18.4 Å². The Balaban J connectivity index is 1.99. The second-order valence-corrected chi connectivity index (χ2v) is 6.24. The second-order valence-electron chi connectivity index (χ2n) is 5.81. The molecule has 0 heterocycles. The molecule has 28 heavy (non-hydrogen) atoms. The number of amides is 2. The number of halogens is 3. The van der Waals surface area contributed by atoms with E-state index in [4.69, 9.17) is 16.3 Å². The Kier molecular flexibility index (Phi) is 7.57. The van der Waals surface area contributed by atoms with Crippen LogP contribution in [0.1, 0.15) is 5.56 Å². The quantitative estimate of drug-likeness (QED) is 0.719. The first-order valence-electron chi connectivity index (χ1n) is 8.20. The summed E-state index contributed by atoms with van der Waals surface area (Å²) in [5.74, 6) is -0.552. The third-order valence-electron chi connectivity index (χ3n) is 3.77. The molecular formula is C19H19ClF2N2O4. The molecule has 6 nitrogen and oxygen atoms in total. The number of alkyl halides is 2. The van der Waals surface area contributed by atoms with Crippen molar-refractivity contribution in [3.8, 4) is 11.5 Å². The molecule has 150 valence electrons. The molecule has 0 atom stereocenters. The monoisotopic (exact) mass is 412 g/mol. The molecule has 0 bridgehead atoms. The van der Waals surface area contributed by atoms with E-state index >= 15 is 0 Å². The summed E-state index contributed by atoms with van der Waals surface area (Å²) in [6.45, 7) is -3.24. The minimum Gasteiger partial charge on any atom is -0.495 e. The normalized spacial score (nSPS) is 10.5. The summed E-state index contributed by atoms with van der Waals surface area (Å²) in [6.07, 6.45) is -0.187. The number of para-hydroxylation sites is 1. The number of hydrogen-bond acceptors (Lipinski definition) is 4. The van der Waals surface area contributed by atoms with Crippen molar-refractivity contribution in [3.05, 3.63) is 53.1 Å². The van der Waals surface area contributed by atoms with E-state index < -0.39 is 18.4 Å². The van der Waals surface area contributed by atoms with Crippen LogP contribution in [0.25, 0.3) is 0 Å². The van der Waals surface area contributed by atoms with Gasteiger partial charge in [0.15, 0.2) is 0 Å². The fourth-order valence-electron chi connectivity index (χ4n) is 2.43. The molecule has 0 aliphatic rings. The highest BCUT2D eigenvalue weighted by atomic mass is 35.5. The molecule has 2 amide bonds. The van der Waals surface area contributed by atoms with Crippen LogP contribution in [0.4, 0.5) is 14.5 Å². The molecule has 0 aliphatic heterocycles. The Bertz CT molecular complexity index is 848. The molecule has 0 fully saturated rings. The number of nitrogens with zero attached hydrogens (tertiary/aromatic N) is 1. The van der Waals surface area contributed by atoms with E-state index in [1.54, 1.807) is 18.2 Å². The van der Waals surface area contributed by atoms with Crippen LogP contribution in [0.3, 0.4) is 0 Å². The first kappa shape index (κ1) is 21.4. The van der Waals surface area contributed by atoms with Gasteiger partial charge in [-0.1, -0.05) is 29.8 Å². The van der Waals surface area contributed by atoms with E-state index in [1.807, 2.05) is 0 Å². The molecule has 2 aromatic carbocycles. The van der Waals surface area contributed by atoms with Crippen molar-refractivity contribution >= 4 is 29.1 Å². The highest BCUT2D eigenvalue weighted by Crippen LogP contribution is 2.27. The number of likely N-dealkylation sites (N-methyl/N-ethyl adjacent to an activating group) is 1. The van der Waals surface area contributed by atoms with Crippen molar-refractivity contribution in [1.29, 1.82) is 0 Å². The van der Waals surface area contributed by atoms with Crippen molar-refractivity contribution in [2.75, 3.05) is 26.0 Å². The zero-order chi connectivity index (χ0) is 20.7. The summed E-state index contributed by atoms with van der Waals surface area (Å²) in [5, 5.41) is 3.04. The van der Waals surface area contributed by atoms with Crippen molar-refractivity contribution in [2.45, 2.75) is 13.0 Å². The third-order valence-corrected chi connectivity index (χ3v) is 4.01. The molecule has 0 aromatic heterocycles. The van der Waals surface area contributed by atoms with Gasteiger partial charge in [-0.2, -0.15) is 8.78 Å². The van der Waals surface area contributed by atoms with Gasteiger partial charge >= 0.3 is 6.61 Å². The number of hydrogen-bond donors (Lipinski definition) is 1. The smallest absolute Gasteiger partial charge is 0.387 e. The Hall–Kier alpha value is -2.87. The number of rotatable bonds is 8. The number of carbonyl (C=O) groups excluding carboxylic acids is 2. The summed E-state index contributed by atoms with van der Waals surface area (Å²) < 4.78 is 34.5. The maximum Gasteiger partial charge on any atom is 0.387 e. The van der Waals surface area contributed by atoms with E-state index in [1.165, 1.54) is 43.3 Å². The maximum atomic E-state index is 12.5. The van der Waals surface area contributed by atoms with Crippen molar-refractivity contribution < 1.29 is 27.8 Å². The lowest BCUT2D eigenvalue weighted by molar-refractivity contribution is -0.132. The van der Waals surface area contributed by atoms with Crippen LogP contribution >= 0.6 is 11.6 Å². The van der Waals surface area contributed by atoms with E-state index in [-0.39, 0.29) is 18.7 Å². The summed E-state index contributed by atoms with van der Waals surface area (Å²) in [4.78, 5) is 25.8. The van der Waals surface area contributed by atoms with Crippen LogP contribution in [0, 0.1) is 0 Å². The second kappa shape index (κ2) is 9.89. The Labute approximate surface area is 166 Å². The molecule has 0 saturated heterocycles. The first-order chi connectivity index (χ1) is 13.3. The lowest BCUT2D eigenvalue weighted by Gasteiger charge is -2.18. The lowest BCUT2D eigenvalue weighted by Crippen LogP contribution is -2.36. The predicted molar refractivity (Wildman–Crippen MR) is 101 cm³/mol. The van der Waals surface area contributed by atoms with Gasteiger partial charge in [0, 0.05) is 17.6 Å². The van der Waals surface area contributed by atoms with Crippen molar-refractivity contribution in [3.63, 3.8) is 0 Å². The van der Waals surface area contributed by atoms with E-state index in [0.29, 0.717) is 22.0 Å². The highest BCUT2D eigenvalue weighted by Gasteiger charge is 2.18. The van der Waals surface area contributed by atoms with Gasteiger partial charge < -0.3 is 19.7 Å². The number of nitrogens with one attached hydrogen (secondary N) is 1. The Morgan fingerprint density at radius 3 is 2.57 bits per heavy atom. The average Bonchev–Trinajstić information content (AvgIpc) is 2.63. The summed E-state index contributed by atoms with van der Waals surface area (Å²) in [5.41, 5.74) is 0.674. The SMILES string of the molecule is COc1ccc(Cl)cc1NC(=O)CN(C)C(=O)Cc1ccccc1OC(F)F. The van der Waals surface area contributed by atoms with Crippen LogP contribution in [0.15, 0.2) is 42.5 Å². The standard InChI is InChI=1S/C19H19ClF2N2O4/c1-24(11-17(25)23-14-10-13(20)7-8-16(14)27-2)18(26)9-12-5-3-4-6-15(12)28-19(21)22/h3-8,10,19H,9,11H2,1-2H3,(H,23,25). The fraction of sp³-hybridized carbons (Fsp3) is 0.263. The number of benzene rings is 2. The van der Waals surface area contributed by atoms with Gasteiger partial charge in [-0.25, -0.2) is 0 Å². The van der Waals surface area contributed by atoms with Gasteiger partial charge in [0.25, 0.3) is 0 Å². The maximum absolute atomic E-state index is 12.5. The number of ether oxygens (including phenoxy) is 2. The average molecular weight is 413 g/mol. The molecule has 0 spiro atoms. The number of methoxy groups -OCH3 is 1. The fourth-order valence-corrected chi connectivity index (χ4v) is 2.60. The summed E-state index contributed by atoms with van der Waals surface area (Å²) >= 11 is 5.92. The van der Waals surface area contributed by atoms with Crippen LogP contribution in [-0.2, 0) is 16.0 Å². The van der Waals surface area contributed by atoms with Crippen molar-refractivity contribution in [1.82, 2.24) is 4.90 Å². The van der Waals surface area contributed by atoms with Gasteiger partial charge in [0.2, 0.25) is 11.8 Å². The van der Waals surface area contributed by atoms with Gasteiger partial charge in [0.05, 0.1) is 25.8 Å². The lowest BCUT2D eigenvalue weighted by atomic mass is 10.1.